The fourth-order valence-corrected chi connectivity index (χ4v) is 4.95. The molecule has 0 bridgehead atoms. The monoisotopic (exact) mass is 432 g/mol. The van der Waals surface area contributed by atoms with E-state index in [0.717, 1.165) is 0 Å². The maximum absolute atomic E-state index is 2.44. The fourth-order valence-electron chi connectivity index (χ4n) is 1.17. The third-order valence-corrected chi connectivity index (χ3v) is 7.48. The number of rotatable bonds is 1. The van der Waals surface area contributed by atoms with E-state index in [1.54, 1.807) is 0 Å². The first-order valence-electron chi connectivity index (χ1n) is 3.63. The van der Waals surface area contributed by atoms with Crippen LogP contribution in [0.4, 0.5) is 0 Å². The summed E-state index contributed by atoms with van der Waals surface area (Å²) >= 11 is 8.51. The third kappa shape index (κ3) is 1.87. The lowest BCUT2D eigenvalue weighted by Crippen LogP contribution is -1.83. The summed E-state index contributed by atoms with van der Waals surface area (Å²) in [6, 6.07) is 4.47. The van der Waals surface area contributed by atoms with E-state index in [0.29, 0.717) is 0 Å². The van der Waals surface area contributed by atoms with E-state index in [-0.39, 0.29) is 0 Å². The van der Waals surface area contributed by atoms with Gasteiger partial charge < -0.3 is 0 Å². The molecule has 4 heteroatoms. The Balaban J connectivity index is 2.83. The Morgan fingerprint density at radius 3 is 2.77 bits per heavy atom. The van der Waals surface area contributed by atoms with Gasteiger partial charge in [-0.05, 0) is 74.3 Å². The molecule has 0 saturated heterocycles. The van der Waals surface area contributed by atoms with Gasteiger partial charge in [-0.25, -0.2) is 0 Å². The molecule has 0 atom stereocenters. The van der Waals surface area contributed by atoms with E-state index in [4.69, 9.17) is 0 Å². The zero-order valence-electron chi connectivity index (χ0n) is 6.80. The van der Waals surface area contributed by atoms with Crippen molar-refractivity contribution in [2.45, 2.75) is 4.90 Å². The molecule has 0 amide bonds. The van der Waals surface area contributed by atoms with Crippen molar-refractivity contribution in [3.05, 3.63) is 24.7 Å². The largest absolute Gasteiger partial charge is 0.143 e. The van der Waals surface area contributed by atoms with Crippen LogP contribution in [0.5, 0.6) is 0 Å². The minimum atomic E-state index is 1.37. The van der Waals surface area contributed by atoms with Crippen LogP contribution in [-0.2, 0) is 0 Å². The lowest BCUT2D eigenvalue weighted by atomic mass is 10.3. The Labute approximate surface area is 113 Å². The Morgan fingerprint density at radius 1 is 1.31 bits per heavy atom. The maximum Gasteiger partial charge on any atom is 0.0487 e. The van der Waals surface area contributed by atoms with Crippen LogP contribution >= 0.6 is 68.3 Å². The van der Waals surface area contributed by atoms with Gasteiger partial charge in [-0.1, -0.05) is 0 Å². The average Bonchev–Trinajstić information content (AvgIpc) is 2.59. The van der Waals surface area contributed by atoms with Crippen LogP contribution in [0.2, 0.25) is 0 Å². The smallest absolute Gasteiger partial charge is 0.0487 e. The summed E-state index contributed by atoms with van der Waals surface area (Å²) in [7, 11) is 0. The van der Waals surface area contributed by atoms with Crippen LogP contribution in [0.3, 0.4) is 0 Å². The van der Waals surface area contributed by atoms with Crippen molar-refractivity contribution in [1.82, 2.24) is 0 Å². The molecule has 0 fully saturated rings. The first-order chi connectivity index (χ1) is 6.24. The number of hydrogen-bond acceptors (Lipinski definition) is 2. The van der Waals surface area contributed by atoms with Crippen molar-refractivity contribution in [3.63, 3.8) is 0 Å². The zero-order chi connectivity index (χ0) is 9.42. The van der Waals surface area contributed by atoms with Gasteiger partial charge in [0.15, 0.2) is 0 Å². The fraction of sp³-hybridized carbons (Fsp3) is 0.111. The molecule has 0 aliphatic rings. The molecule has 0 aliphatic heterocycles. The van der Waals surface area contributed by atoms with Crippen molar-refractivity contribution in [3.8, 4) is 0 Å². The van der Waals surface area contributed by atoms with Gasteiger partial charge in [0.25, 0.3) is 0 Å². The number of hydrogen-bond donors (Lipinski definition) is 0. The summed E-state index contributed by atoms with van der Waals surface area (Å²) in [5.74, 6) is 0. The summed E-state index contributed by atoms with van der Waals surface area (Å²) in [4.78, 5) is 1.39. The van der Waals surface area contributed by atoms with E-state index in [1.165, 1.54) is 22.1 Å². The first kappa shape index (κ1) is 10.5. The number of thioether (sulfide) groups is 1. The minimum absolute atomic E-state index is 1.37. The summed E-state index contributed by atoms with van der Waals surface area (Å²) in [6.45, 7) is 0. The Hall–Kier alpha value is 0.990. The SMILES string of the molecule is CSc1cc2ccsc2c(I)c1I. The number of thiophene rings is 1. The van der Waals surface area contributed by atoms with Gasteiger partial charge in [0.2, 0.25) is 0 Å². The highest BCUT2D eigenvalue weighted by molar-refractivity contribution is 14.1. The van der Waals surface area contributed by atoms with Crippen molar-refractivity contribution < 1.29 is 0 Å². The molecule has 0 radical (unpaired) electrons. The first-order valence-corrected chi connectivity index (χ1v) is 7.89. The molecule has 1 aromatic heterocycles. The van der Waals surface area contributed by atoms with Crippen LogP contribution < -0.4 is 0 Å². The van der Waals surface area contributed by atoms with Crippen molar-refractivity contribution >= 4 is 78.4 Å². The molecule has 1 aromatic carbocycles. The van der Waals surface area contributed by atoms with Gasteiger partial charge in [0, 0.05) is 16.7 Å². The van der Waals surface area contributed by atoms with Gasteiger partial charge in [-0.3, -0.25) is 0 Å². The van der Waals surface area contributed by atoms with E-state index < -0.39 is 0 Å². The second-order valence-corrected chi connectivity index (χ2v) is 6.47. The van der Waals surface area contributed by atoms with Crippen LogP contribution in [0.1, 0.15) is 0 Å². The lowest BCUT2D eigenvalue weighted by Gasteiger charge is -2.04. The number of fused-ring (bicyclic) bond motifs is 1. The molecule has 0 spiro atoms. The molecule has 68 valence electrons. The number of benzene rings is 1. The van der Waals surface area contributed by atoms with E-state index in [9.17, 15) is 0 Å². The molecule has 13 heavy (non-hydrogen) atoms. The summed E-state index contributed by atoms with van der Waals surface area (Å²) in [5, 5.41) is 3.53. The predicted molar refractivity (Wildman–Crippen MR) is 79.0 cm³/mol. The Bertz CT molecular complexity index is 448. The van der Waals surface area contributed by atoms with Crippen molar-refractivity contribution in [2.75, 3.05) is 6.26 Å². The summed E-state index contributed by atoms with van der Waals surface area (Å²) in [5.41, 5.74) is 0. The highest BCUT2D eigenvalue weighted by atomic mass is 127. The van der Waals surface area contributed by atoms with Crippen LogP contribution in [0.25, 0.3) is 10.1 Å². The molecule has 2 rings (SSSR count). The van der Waals surface area contributed by atoms with E-state index in [2.05, 4.69) is 69.0 Å². The van der Waals surface area contributed by atoms with Gasteiger partial charge in [-0.15, -0.1) is 23.1 Å². The molecule has 0 saturated carbocycles. The van der Waals surface area contributed by atoms with Gasteiger partial charge >= 0.3 is 0 Å². The van der Waals surface area contributed by atoms with Gasteiger partial charge in [0.05, 0.1) is 0 Å². The van der Waals surface area contributed by atoms with Crippen molar-refractivity contribution in [2.24, 2.45) is 0 Å². The second kappa shape index (κ2) is 4.24. The normalized spacial score (nSPS) is 11.0. The molecular weight excluding hydrogens is 426 g/mol. The van der Waals surface area contributed by atoms with Gasteiger partial charge in [0.1, 0.15) is 0 Å². The van der Waals surface area contributed by atoms with Crippen molar-refractivity contribution in [1.29, 1.82) is 0 Å². The second-order valence-electron chi connectivity index (χ2n) is 2.55. The van der Waals surface area contributed by atoms with E-state index >= 15 is 0 Å². The molecule has 0 unspecified atom stereocenters. The molecule has 2 aromatic rings. The lowest BCUT2D eigenvalue weighted by molar-refractivity contribution is 1.43. The zero-order valence-corrected chi connectivity index (χ0v) is 12.8. The average molecular weight is 432 g/mol. The Morgan fingerprint density at radius 2 is 2.08 bits per heavy atom. The topological polar surface area (TPSA) is 0 Å². The van der Waals surface area contributed by atoms with E-state index in [1.807, 2.05) is 23.1 Å². The highest BCUT2D eigenvalue weighted by Crippen LogP contribution is 2.35. The summed E-state index contributed by atoms with van der Waals surface area (Å²) < 4.78 is 4.21. The predicted octanol–water partition coefficient (Wildman–Crippen LogP) is 4.83. The molecule has 0 aliphatic carbocycles. The molecule has 1 heterocycles. The number of halogens is 2. The van der Waals surface area contributed by atoms with Gasteiger partial charge in [-0.2, -0.15) is 0 Å². The minimum Gasteiger partial charge on any atom is -0.143 e. The maximum atomic E-state index is 2.44. The highest BCUT2D eigenvalue weighted by Gasteiger charge is 2.08. The Kier molecular flexibility index (Phi) is 3.43. The van der Waals surface area contributed by atoms with Crippen LogP contribution in [0, 0.1) is 7.14 Å². The molecule has 0 nitrogen and oxygen atoms in total. The standard InChI is InChI=1S/C9H6I2S2/c1-12-6-4-5-2-3-13-9(5)8(11)7(6)10/h2-4H,1H3. The third-order valence-electron chi connectivity index (χ3n) is 1.81. The summed E-state index contributed by atoms with van der Waals surface area (Å²) in [6.07, 6.45) is 2.13. The van der Waals surface area contributed by atoms with Crippen LogP contribution in [0.15, 0.2) is 22.4 Å². The quantitative estimate of drug-likeness (QED) is 0.460. The molecular formula is C9H6I2S2. The molecule has 0 N–H and O–H groups in total. The van der Waals surface area contributed by atoms with Crippen LogP contribution in [-0.4, -0.2) is 6.26 Å².